The molecule has 3 aromatic rings. The number of ether oxygens (including phenoxy) is 1. The average molecular weight is 465 g/mol. The lowest BCUT2D eigenvalue weighted by atomic mass is 10.0. The van der Waals surface area contributed by atoms with Gasteiger partial charge in [0, 0.05) is 49.1 Å². The van der Waals surface area contributed by atoms with E-state index in [1.54, 1.807) is 13.1 Å². The summed E-state index contributed by atoms with van der Waals surface area (Å²) in [5.74, 6) is -1.69. The molecule has 34 heavy (non-hydrogen) atoms. The summed E-state index contributed by atoms with van der Waals surface area (Å²) in [6.45, 7) is 12.9. The molecular formula is C27H30F2N4O. The van der Waals surface area contributed by atoms with Crippen molar-refractivity contribution in [3.05, 3.63) is 90.0 Å². The molecule has 0 unspecified atom stereocenters. The van der Waals surface area contributed by atoms with Crippen LogP contribution in [0.2, 0.25) is 0 Å². The molecule has 3 rings (SSSR count). The van der Waals surface area contributed by atoms with Crippen LogP contribution in [0.1, 0.15) is 36.2 Å². The SMILES string of the molecule is C=C(Cc1ccc(-c2cnc(NC)c(C(=C)OCC)c2)cc1)Nc1cnc(C)c(C(C)(F)F)c1. The van der Waals surface area contributed by atoms with Crippen LogP contribution in [0.3, 0.4) is 0 Å². The van der Waals surface area contributed by atoms with Crippen LogP contribution in [0.4, 0.5) is 20.3 Å². The minimum Gasteiger partial charge on any atom is -0.494 e. The second-order valence-electron chi connectivity index (χ2n) is 8.07. The van der Waals surface area contributed by atoms with Crippen molar-refractivity contribution in [2.24, 2.45) is 0 Å². The van der Waals surface area contributed by atoms with E-state index in [0.29, 0.717) is 41.7 Å². The van der Waals surface area contributed by atoms with E-state index in [9.17, 15) is 8.78 Å². The molecule has 2 heterocycles. The number of alkyl halides is 2. The van der Waals surface area contributed by atoms with E-state index in [0.717, 1.165) is 29.2 Å². The number of pyridine rings is 2. The lowest BCUT2D eigenvalue weighted by molar-refractivity contribution is 0.0164. The number of hydrogen-bond donors (Lipinski definition) is 2. The van der Waals surface area contributed by atoms with Gasteiger partial charge in [-0.15, -0.1) is 0 Å². The van der Waals surface area contributed by atoms with Crippen molar-refractivity contribution in [3.63, 3.8) is 0 Å². The second kappa shape index (κ2) is 10.5. The maximum absolute atomic E-state index is 13.8. The molecule has 0 aliphatic rings. The van der Waals surface area contributed by atoms with Gasteiger partial charge in [-0.3, -0.25) is 4.98 Å². The van der Waals surface area contributed by atoms with Gasteiger partial charge in [0.05, 0.1) is 24.1 Å². The van der Waals surface area contributed by atoms with Crippen LogP contribution >= 0.6 is 0 Å². The van der Waals surface area contributed by atoms with E-state index in [2.05, 4.69) is 33.8 Å². The first kappa shape index (κ1) is 24.9. The summed E-state index contributed by atoms with van der Waals surface area (Å²) in [5.41, 5.74) is 5.16. The lowest BCUT2D eigenvalue weighted by Gasteiger charge is -2.16. The number of allylic oxidation sites excluding steroid dienone is 1. The molecule has 2 N–H and O–H groups in total. The van der Waals surface area contributed by atoms with Gasteiger partial charge in [-0.25, -0.2) is 13.8 Å². The fourth-order valence-electron chi connectivity index (χ4n) is 3.64. The van der Waals surface area contributed by atoms with Crippen molar-refractivity contribution in [2.75, 3.05) is 24.3 Å². The van der Waals surface area contributed by atoms with Crippen LogP contribution in [-0.2, 0) is 17.1 Å². The zero-order chi connectivity index (χ0) is 24.9. The topological polar surface area (TPSA) is 59.1 Å². The van der Waals surface area contributed by atoms with Crippen LogP contribution in [0.5, 0.6) is 0 Å². The fraction of sp³-hybridized carbons (Fsp3) is 0.259. The van der Waals surface area contributed by atoms with E-state index in [1.807, 2.05) is 44.3 Å². The number of aryl methyl sites for hydroxylation is 1. The molecule has 7 heteroatoms. The Hall–Kier alpha value is -3.74. The Bertz CT molecular complexity index is 1180. The van der Waals surface area contributed by atoms with Gasteiger partial charge in [-0.2, -0.15) is 0 Å². The molecule has 0 amide bonds. The van der Waals surface area contributed by atoms with Crippen molar-refractivity contribution in [1.29, 1.82) is 0 Å². The van der Waals surface area contributed by atoms with Gasteiger partial charge in [0.25, 0.3) is 5.92 Å². The maximum atomic E-state index is 13.8. The number of halogens is 2. The normalized spacial score (nSPS) is 11.1. The summed E-state index contributed by atoms with van der Waals surface area (Å²) in [6.07, 6.45) is 3.87. The second-order valence-corrected chi connectivity index (χ2v) is 8.07. The summed E-state index contributed by atoms with van der Waals surface area (Å²) in [7, 11) is 1.81. The minimum absolute atomic E-state index is 0.0982. The summed E-state index contributed by atoms with van der Waals surface area (Å²) in [6, 6.07) is 11.4. The van der Waals surface area contributed by atoms with Gasteiger partial charge in [-0.05, 0) is 37.1 Å². The van der Waals surface area contributed by atoms with Gasteiger partial charge < -0.3 is 15.4 Å². The molecule has 0 atom stereocenters. The molecule has 0 saturated carbocycles. The Morgan fingerprint density at radius 3 is 2.38 bits per heavy atom. The highest BCUT2D eigenvalue weighted by Gasteiger charge is 2.27. The first-order chi connectivity index (χ1) is 16.1. The first-order valence-corrected chi connectivity index (χ1v) is 11.0. The summed E-state index contributed by atoms with van der Waals surface area (Å²) in [5, 5.41) is 6.15. The molecule has 0 aliphatic heterocycles. The molecule has 0 fully saturated rings. The van der Waals surface area contributed by atoms with Gasteiger partial charge in [0.15, 0.2) is 0 Å². The van der Waals surface area contributed by atoms with Crippen molar-refractivity contribution in [1.82, 2.24) is 9.97 Å². The average Bonchev–Trinajstić information content (AvgIpc) is 2.80. The number of anilines is 2. The predicted octanol–water partition coefficient (Wildman–Crippen LogP) is 6.78. The van der Waals surface area contributed by atoms with E-state index in [4.69, 9.17) is 4.74 Å². The van der Waals surface area contributed by atoms with Crippen molar-refractivity contribution < 1.29 is 13.5 Å². The van der Waals surface area contributed by atoms with E-state index < -0.39 is 5.92 Å². The zero-order valence-corrected chi connectivity index (χ0v) is 20.0. The number of hydrogen-bond acceptors (Lipinski definition) is 5. The summed E-state index contributed by atoms with van der Waals surface area (Å²) >= 11 is 0. The van der Waals surface area contributed by atoms with Crippen molar-refractivity contribution in [2.45, 2.75) is 33.1 Å². The quantitative estimate of drug-likeness (QED) is 0.324. The highest BCUT2D eigenvalue weighted by atomic mass is 19.3. The molecule has 0 radical (unpaired) electrons. The Morgan fingerprint density at radius 2 is 1.76 bits per heavy atom. The zero-order valence-electron chi connectivity index (χ0n) is 20.0. The summed E-state index contributed by atoms with van der Waals surface area (Å²) in [4.78, 5) is 8.57. The Balaban J connectivity index is 1.72. The molecule has 0 saturated heterocycles. The smallest absolute Gasteiger partial charge is 0.272 e. The fourth-order valence-corrected chi connectivity index (χ4v) is 3.64. The molecular weight excluding hydrogens is 434 g/mol. The molecule has 5 nitrogen and oxygen atoms in total. The van der Waals surface area contributed by atoms with Crippen molar-refractivity contribution >= 4 is 17.3 Å². The Kier molecular flexibility index (Phi) is 7.66. The number of nitrogens with one attached hydrogen (secondary N) is 2. The third-order valence-electron chi connectivity index (χ3n) is 5.33. The van der Waals surface area contributed by atoms with Gasteiger partial charge in [0.1, 0.15) is 11.6 Å². The molecule has 2 aromatic heterocycles. The van der Waals surface area contributed by atoms with Gasteiger partial charge in [0.2, 0.25) is 0 Å². The molecule has 0 bridgehead atoms. The van der Waals surface area contributed by atoms with Crippen LogP contribution in [0.25, 0.3) is 16.9 Å². The third kappa shape index (κ3) is 5.98. The summed E-state index contributed by atoms with van der Waals surface area (Å²) < 4.78 is 33.2. The first-order valence-electron chi connectivity index (χ1n) is 11.0. The number of benzene rings is 1. The van der Waals surface area contributed by atoms with E-state index >= 15 is 0 Å². The number of nitrogens with zero attached hydrogens (tertiary/aromatic N) is 2. The number of rotatable bonds is 10. The van der Waals surface area contributed by atoms with E-state index in [1.165, 1.54) is 12.3 Å². The number of aromatic nitrogens is 2. The molecule has 1 aromatic carbocycles. The van der Waals surface area contributed by atoms with Crippen molar-refractivity contribution in [3.8, 4) is 11.1 Å². The van der Waals surface area contributed by atoms with Crippen LogP contribution in [0, 0.1) is 6.92 Å². The maximum Gasteiger partial charge on any atom is 0.272 e. The third-order valence-corrected chi connectivity index (χ3v) is 5.33. The largest absolute Gasteiger partial charge is 0.494 e. The Labute approximate surface area is 199 Å². The molecule has 0 spiro atoms. The predicted molar refractivity (Wildman–Crippen MR) is 135 cm³/mol. The van der Waals surface area contributed by atoms with Gasteiger partial charge in [-0.1, -0.05) is 37.4 Å². The highest BCUT2D eigenvalue weighted by molar-refractivity contribution is 5.75. The monoisotopic (exact) mass is 464 g/mol. The van der Waals surface area contributed by atoms with Crippen LogP contribution in [0.15, 0.2) is 67.6 Å². The lowest BCUT2D eigenvalue weighted by Crippen LogP contribution is -2.12. The van der Waals surface area contributed by atoms with Crippen LogP contribution in [-0.4, -0.2) is 23.6 Å². The van der Waals surface area contributed by atoms with E-state index in [-0.39, 0.29) is 5.56 Å². The van der Waals surface area contributed by atoms with Gasteiger partial charge >= 0.3 is 0 Å². The molecule has 0 aliphatic carbocycles. The highest BCUT2D eigenvalue weighted by Crippen LogP contribution is 2.31. The standard InChI is InChI=1S/C27H30F2N4O/c1-7-34-19(4)24-13-22(15-32-26(24)30-6)21-10-8-20(9-11-21)12-17(2)33-23-14-25(27(5,28)29)18(3)31-16-23/h8-11,13-16,33H,2,4,7,12H2,1,3,5-6H3,(H,30,32). The minimum atomic E-state index is -2.96. The van der Waals surface area contributed by atoms with Crippen LogP contribution < -0.4 is 10.6 Å². The molecule has 178 valence electrons. The Morgan fingerprint density at radius 1 is 1.06 bits per heavy atom.